The number of carbonyl (C=O) groups excluding carboxylic acids is 2. The van der Waals surface area contributed by atoms with Gasteiger partial charge in [-0.2, -0.15) is 0 Å². The maximum atomic E-state index is 12.8. The van der Waals surface area contributed by atoms with E-state index in [1.54, 1.807) is 6.92 Å². The van der Waals surface area contributed by atoms with Crippen LogP contribution in [0.3, 0.4) is 0 Å². The summed E-state index contributed by atoms with van der Waals surface area (Å²) >= 11 is 0. The lowest BCUT2D eigenvalue weighted by Gasteiger charge is -2.15. The van der Waals surface area contributed by atoms with Gasteiger partial charge < -0.3 is 10.5 Å². The molecule has 0 unspecified atom stereocenters. The molecule has 1 aromatic heterocycles. The fourth-order valence-electron chi connectivity index (χ4n) is 2.91. The minimum absolute atomic E-state index is 0.0725. The van der Waals surface area contributed by atoms with Crippen molar-refractivity contribution in [3.8, 4) is 0 Å². The number of nitrogen functional groups attached to an aromatic ring is 1. The highest BCUT2D eigenvalue weighted by Gasteiger charge is 2.26. The van der Waals surface area contributed by atoms with Gasteiger partial charge in [0.25, 0.3) is 5.92 Å². The molecular weight excluding hydrogens is 378 g/mol. The van der Waals surface area contributed by atoms with E-state index in [2.05, 4.69) is 18.8 Å². The molecule has 0 saturated carbocycles. The number of anilines is 1. The van der Waals surface area contributed by atoms with Crippen molar-refractivity contribution in [2.24, 2.45) is 5.92 Å². The zero-order chi connectivity index (χ0) is 22.2. The highest BCUT2D eigenvalue weighted by atomic mass is 19.3. The van der Waals surface area contributed by atoms with Crippen LogP contribution < -0.4 is 5.73 Å². The SMILES string of the molecule is CC1=C(CCOCCC(C)C)C(=O)CCC1=O.Cc1nc(N)ccc1C(C)(F)F. The molecule has 0 aromatic carbocycles. The summed E-state index contributed by atoms with van der Waals surface area (Å²) in [4.78, 5) is 26.9. The number of nitrogens with zero attached hydrogens (tertiary/aromatic N) is 1. The van der Waals surface area contributed by atoms with Crippen LogP contribution in [-0.2, 0) is 20.2 Å². The molecule has 0 spiro atoms. The van der Waals surface area contributed by atoms with E-state index in [9.17, 15) is 18.4 Å². The van der Waals surface area contributed by atoms with Crippen LogP contribution in [0.2, 0.25) is 0 Å². The topological polar surface area (TPSA) is 82.3 Å². The summed E-state index contributed by atoms with van der Waals surface area (Å²) in [5.41, 5.74) is 6.86. The number of nitrogens with two attached hydrogens (primary N) is 1. The fourth-order valence-corrected chi connectivity index (χ4v) is 2.91. The molecule has 2 rings (SSSR count). The number of alkyl halides is 2. The van der Waals surface area contributed by atoms with E-state index in [4.69, 9.17) is 10.5 Å². The molecule has 29 heavy (non-hydrogen) atoms. The number of Topliss-reactive ketones (excluding diaryl/α,β-unsaturated/α-hetero) is 2. The maximum Gasteiger partial charge on any atom is 0.272 e. The molecule has 1 aliphatic rings. The molecule has 1 aromatic rings. The Labute approximate surface area is 171 Å². The molecule has 0 atom stereocenters. The van der Waals surface area contributed by atoms with E-state index in [-0.39, 0.29) is 28.6 Å². The number of carbonyl (C=O) groups is 2. The summed E-state index contributed by atoms with van der Waals surface area (Å²) in [6.45, 7) is 9.68. The number of hydrogen-bond acceptors (Lipinski definition) is 5. The molecule has 1 heterocycles. The van der Waals surface area contributed by atoms with Crippen molar-refractivity contribution in [3.05, 3.63) is 34.5 Å². The van der Waals surface area contributed by atoms with Crippen LogP contribution in [0.25, 0.3) is 0 Å². The molecule has 162 valence electrons. The summed E-state index contributed by atoms with van der Waals surface area (Å²) in [5, 5.41) is 0. The minimum Gasteiger partial charge on any atom is -0.384 e. The summed E-state index contributed by atoms with van der Waals surface area (Å²) in [5.74, 6) is -1.71. The lowest BCUT2D eigenvalue weighted by molar-refractivity contribution is -0.122. The third-order valence-electron chi connectivity index (χ3n) is 4.70. The van der Waals surface area contributed by atoms with Crippen LogP contribution >= 0.6 is 0 Å². The van der Waals surface area contributed by atoms with Crippen molar-refractivity contribution >= 4 is 17.4 Å². The Bertz CT molecular complexity index is 753. The Morgan fingerprint density at radius 1 is 1.14 bits per heavy atom. The van der Waals surface area contributed by atoms with Crippen LogP contribution in [0.4, 0.5) is 14.6 Å². The van der Waals surface area contributed by atoms with E-state index < -0.39 is 5.92 Å². The molecule has 0 fully saturated rings. The van der Waals surface area contributed by atoms with E-state index >= 15 is 0 Å². The van der Waals surface area contributed by atoms with Gasteiger partial charge in [0.05, 0.1) is 6.61 Å². The molecule has 0 radical (unpaired) electrons. The van der Waals surface area contributed by atoms with Crippen molar-refractivity contribution in [2.75, 3.05) is 18.9 Å². The molecule has 7 heteroatoms. The number of aromatic nitrogens is 1. The van der Waals surface area contributed by atoms with E-state index in [1.165, 1.54) is 19.1 Å². The molecule has 0 aliphatic heterocycles. The van der Waals surface area contributed by atoms with E-state index in [0.717, 1.165) is 20.0 Å². The standard InChI is InChI=1S/C14H22O3.C8H10F2N2/c1-10(2)6-8-17-9-7-12-11(3)13(15)4-5-14(12)16;1-5-6(8(2,9)10)3-4-7(11)12-5/h10H,4-9H2,1-3H3;3-4H,1-2H3,(H2,11,12). The molecule has 0 bridgehead atoms. The molecule has 0 amide bonds. The first-order valence-electron chi connectivity index (χ1n) is 9.88. The van der Waals surface area contributed by atoms with Crippen molar-refractivity contribution < 1.29 is 23.1 Å². The Morgan fingerprint density at radius 3 is 2.31 bits per heavy atom. The van der Waals surface area contributed by atoms with Crippen LogP contribution in [-0.4, -0.2) is 29.8 Å². The number of pyridine rings is 1. The monoisotopic (exact) mass is 410 g/mol. The number of rotatable bonds is 7. The summed E-state index contributed by atoms with van der Waals surface area (Å²) < 4.78 is 31.0. The zero-order valence-electron chi connectivity index (χ0n) is 18.0. The van der Waals surface area contributed by atoms with Crippen LogP contribution in [0.1, 0.15) is 64.6 Å². The van der Waals surface area contributed by atoms with E-state index in [0.29, 0.717) is 42.9 Å². The Morgan fingerprint density at radius 2 is 1.76 bits per heavy atom. The average Bonchev–Trinajstić information content (AvgIpc) is 2.60. The van der Waals surface area contributed by atoms with Gasteiger partial charge in [0.15, 0.2) is 11.6 Å². The van der Waals surface area contributed by atoms with Crippen molar-refractivity contribution in [1.29, 1.82) is 0 Å². The third-order valence-corrected chi connectivity index (χ3v) is 4.70. The first-order chi connectivity index (χ1) is 13.4. The maximum absolute atomic E-state index is 12.8. The number of ether oxygens (including phenoxy) is 1. The fraction of sp³-hybridized carbons (Fsp3) is 0.591. The van der Waals surface area contributed by atoms with Gasteiger partial charge in [0.1, 0.15) is 5.82 Å². The van der Waals surface area contributed by atoms with Crippen LogP contribution in [0, 0.1) is 12.8 Å². The second-order valence-electron chi connectivity index (χ2n) is 7.75. The highest BCUT2D eigenvalue weighted by molar-refractivity contribution is 6.11. The van der Waals surface area contributed by atoms with E-state index in [1.807, 2.05) is 0 Å². The Kier molecular flexibility index (Phi) is 9.56. The number of allylic oxidation sites excluding steroid dienone is 1. The van der Waals surface area contributed by atoms with Crippen LogP contribution in [0.5, 0.6) is 0 Å². The van der Waals surface area contributed by atoms with Gasteiger partial charge in [-0.3, -0.25) is 9.59 Å². The number of aryl methyl sites for hydroxylation is 1. The van der Waals surface area contributed by atoms with Gasteiger partial charge in [-0.15, -0.1) is 0 Å². The largest absolute Gasteiger partial charge is 0.384 e. The smallest absolute Gasteiger partial charge is 0.272 e. The molecular formula is C22H32F2N2O3. The predicted octanol–water partition coefficient (Wildman–Crippen LogP) is 4.77. The Hall–Kier alpha value is -2.15. The molecule has 2 N–H and O–H groups in total. The average molecular weight is 411 g/mol. The second-order valence-corrected chi connectivity index (χ2v) is 7.75. The highest BCUT2D eigenvalue weighted by Crippen LogP contribution is 2.29. The Balaban J connectivity index is 0.000000308. The first-order valence-corrected chi connectivity index (χ1v) is 9.88. The second kappa shape index (κ2) is 11.1. The third kappa shape index (κ3) is 8.40. The molecule has 0 saturated heterocycles. The number of halogens is 2. The van der Waals surface area contributed by atoms with Gasteiger partial charge in [-0.05, 0) is 50.3 Å². The number of hydrogen-bond donors (Lipinski definition) is 1. The molecule has 1 aliphatic carbocycles. The normalized spacial score (nSPS) is 14.9. The van der Waals surface area contributed by atoms with Crippen molar-refractivity contribution in [2.45, 2.75) is 66.2 Å². The molecule has 5 nitrogen and oxygen atoms in total. The summed E-state index contributed by atoms with van der Waals surface area (Å²) in [6.07, 6.45) is 2.36. The zero-order valence-corrected chi connectivity index (χ0v) is 18.0. The summed E-state index contributed by atoms with van der Waals surface area (Å²) in [6, 6.07) is 2.68. The van der Waals surface area contributed by atoms with Crippen molar-refractivity contribution in [3.63, 3.8) is 0 Å². The van der Waals surface area contributed by atoms with Gasteiger partial charge in [-0.25, -0.2) is 13.8 Å². The van der Waals surface area contributed by atoms with Gasteiger partial charge >= 0.3 is 0 Å². The lowest BCUT2D eigenvalue weighted by Crippen LogP contribution is -2.19. The van der Waals surface area contributed by atoms with Crippen molar-refractivity contribution in [1.82, 2.24) is 4.98 Å². The van der Waals surface area contributed by atoms with Crippen LogP contribution in [0.15, 0.2) is 23.3 Å². The lowest BCUT2D eigenvalue weighted by atomic mass is 9.89. The predicted molar refractivity (Wildman–Crippen MR) is 110 cm³/mol. The minimum atomic E-state index is -2.84. The van der Waals surface area contributed by atoms with Gasteiger partial charge in [0, 0.05) is 43.2 Å². The van der Waals surface area contributed by atoms with Gasteiger partial charge in [-0.1, -0.05) is 13.8 Å². The summed E-state index contributed by atoms with van der Waals surface area (Å²) in [7, 11) is 0. The number of ketones is 2. The first kappa shape index (κ1) is 24.9. The van der Waals surface area contributed by atoms with Gasteiger partial charge in [0.2, 0.25) is 0 Å². The quantitative estimate of drug-likeness (QED) is 0.655.